The van der Waals surface area contributed by atoms with Crippen LogP contribution in [-0.2, 0) is 4.79 Å². The van der Waals surface area contributed by atoms with Gasteiger partial charge in [0.2, 0.25) is 5.91 Å². The van der Waals surface area contributed by atoms with Crippen molar-refractivity contribution in [2.45, 2.75) is 19.8 Å². The van der Waals surface area contributed by atoms with E-state index in [9.17, 15) is 14.4 Å². The van der Waals surface area contributed by atoms with Gasteiger partial charge >= 0.3 is 0 Å². The van der Waals surface area contributed by atoms with Gasteiger partial charge in [0.1, 0.15) is 0 Å². The quantitative estimate of drug-likeness (QED) is 0.889. The summed E-state index contributed by atoms with van der Waals surface area (Å²) in [6.45, 7) is 2.58. The van der Waals surface area contributed by atoms with Crippen molar-refractivity contribution >= 4 is 29.1 Å². The lowest BCUT2D eigenvalue weighted by atomic mass is 10.1. The second kappa shape index (κ2) is 7.39. The normalized spacial score (nSPS) is 13.6. The van der Waals surface area contributed by atoms with Gasteiger partial charge in [0.25, 0.3) is 11.8 Å². The predicted molar refractivity (Wildman–Crippen MR) is 101 cm³/mol. The van der Waals surface area contributed by atoms with Crippen molar-refractivity contribution in [3.8, 4) is 0 Å². The molecular formula is C20H21N3O3. The van der Waals surface area contributed by atoms with Gasteiger partial charge in [-0.25, -0.2) is 0 Å². The van der Waals surface area contributed by atoms with E-state index in [0.717, 1.165) is 24.2 Å². The van der Waals surface area contributed by atoms with E-state index in [1.165, 1.54) is 0 Å². The summed E-state index contributed by atoms with van der Waals surface area (Å²) in [6.07, 6.45) is 1.44. The Morgan fingerprint density at radius 1 is 1.00 bits per heavy atom. The average molecular weight is 351 g/mol. The third-order valence-corrected chi connectivity index (χ3v) is 4.49. The number of carbonyl (C=O) groups is 3. The van der Waals surface area contributed by atoms with Gasteiger partial charge in [-0.2, -0.15) is 0 Å². The minimum Gasteiger partial charge on any atom is -0.355 e. The maximum Gasteiger partial charge on any atom is 0.255 e. The molecule has 2 aromatic rings. The molecule has 6 heteroatoms. The monoisotopic (exact) mass is 351 g/mol. The van der Waals surface area contributed by atoms with E-state index in [-0.39, 0.29) is 17.7 Å². The van der Waals surface area contributed by atoms with Crippen LogP contribution in [0.2, 0.25) is 0 Å². The van der Waals surface area contributed by atoms with Crippen LogP contribution in [0.4, 0.5) is 11.4 Å². The molecule has 134 valence electrons. The smallest absolute Gasteiger partial charge is 0.255 e. The first-order chi connectivity index (χ1) is 12.5. The molecule has 26 heavy (non-hydrogen) atoms. The van der Waals surface area contributed by atoms with Crippen molar-refractivity contribution in [2.24, 2.45) is 0 Å². The maximum absolute atomic E-state index is 12.5. The molecule has 0 atom stereocenters. The molecule has 0 aromatic heterocycles. The summed E-state index contributed by atoms with van der Waals surface area (Å²) in [5.74, 6) is -0.356. The molecule has 0 radical (unpaired) electrons. The lowest BCUT2D eigenvalue weighted by Gasteiger charge is -2.16. The van der Waals surface area contributed by atoms with Gasteiger partial charge in [-0.3, -0.25) is 14.4 Å². The molecule has 0 bridgehead atoms. The third kappa shape index (κ3) is 3.59. The number of anilines is 2. The Labute approximate surface area is 152 Å². The third-order valence-electron chi connectivity index (χ3n) is 4.49. The van der Waals surface area contributed by atoms with Crippen LogP contribution in [0.1, 0.15) is 39.1 Å². The molecule has 2 aromatic carbocycles. The molecule has 0 aliphatic carbocycles. The fourth-order valence-electron chi connectivity index (χ4n) is 2.95. The lowest BCUT2D eigenvalue weighted by molar-refractivity contribution is -0.117. The zero-order valence-corrected chi connectivity index (χ0v) is 14.8. The fraction of sp³-hybridized carbons (Fsp3) is 0.250. The first-order valence-corrected chi connectivity index (χ1v) is 8.54. The molecule has 0 spiro atoms. The minimum absolute atomic E-state index is 0.115. The Hall–Kier alpha value is -3.15. The fourth-order valence-corrected chi connectivity index (χ4v) is 2.95. The van der Waals surface area contributed by atoms with Crippen molar-refractivity contribution in [1.29, 1.82) is 0 Å². The molecule has 1 fully saturated rings. The Balaban J connectivity index is 1.76. The summed E-state index contributed by atoms with van der Waals surface area (Å²) in [5.41, 5.74) is 3.24. The van der Waals surface area contributed by atoms with Crippen LogP contribution in [0.25, 0.3) is 0 Å². The first kappa shape index (κ1) is 17.7. The molecule has 0 saturated carbocycles. The van der Waals surface area contributed by atoms with Crippen molar-refractivity contribution in [2.75, 3.05) is 23.8 Å². The van der Waals surface area contributed by atoms with Gasteiger partial charge in [-0.05, 0) is 55.3 Å². The van der Waals surface area contributed by atoms with Crippen molar-refractivity contribution < 1.29 is 14.4 Å². The number of nitrogens with one attached hydrogen (secondary N) is 2. The second-order valence-corrected chi connectivity index (χ2v) is 6.26. The van der Waals surface area contributed by atoms with Crippen molar-refractivity contribution in [3.05, 3.63) is 59.2 Å². The van der Waals surface area contributed by atoms with Crippen LogP contribution in [0, 0.1) is 6.92 Å². The van der Waals surface area contributed by atoms with Gasteiger partial charge in [-0.15, -0.1) is 0 Å². The Morgan fingerprint density at radius 3 is 2.31 bits per heavy atom. The van der Waals surface area contributed by atoms with Gasteiger partial charge in [0, 0.05) is 42.5 Å². The number of carbonyl (C=O) groups excluding carboxylic acids is 3. The molecule has 0 unspecified atom stereocenters. The molecule has 6 nitrogen and oxygen atoms in total. The van der Waals surface area contributed by atoms with E-state index < -0.39 is 0 Å². The number of benzene rings is 2. The average Bonchev–Trinajstić information content (AvgIpc) is 3.09. The zero-order valence-electron chi connectivity index (χ0n) is 14.8. The number of aryl methyl sites for hydroxylation is 1. The Bertz CT molecular complexity index is 859. The summed E-state index contributed by atoms with van der Waals surface area (Å²) < 4.78 is 0. The zero-order chi connectivity index (χ0) is 18.7. The number of amides is 3. The summed E-state index contributed by atoms with van der Waals surface area (Å²) in [7, 11) is 1.56. The van der Waals surface area contributed by atoms with E-state index in [0.29, 0.717) is 23.2 Å². The molecule has 2 N–H and O–H groups in total. The number of rotatable bonds is 4. The molecular weight excluding hydrogens is 330 g/mol. The topological polar surface area (TPSA) is 78.5 Å². The Morgan fingerprint density at radius 2 is 1.69 bits per heavy atom. The van der Waals surface area contributed by atoms with Crippen molar-refractivity contribution in [3.63, 3.8) is 0 Å². The minimum atomic E-state index is -0.263. The highest BCUT2D eigenvalue weighted by molar-refractivity contribution is 6.06. The second-order valence-electron chi connectivity index (χ2n) is 6.26. The van der Waals surface area contributed by atoms with E-state index >= 15 is 0 Å². The van der Waals surface area contributed by atoms with Gasteiger partial charge in [0.05, 0.1) is 0 Å². The highest BCUT2D eigenvalue weighted by Gasteiger charge is 2.21. The summed E-state index contributed by atoms with van der Waals surface area (Å²) >= 11 is 0. The molecule has 1 aliphatic rings. The van der Waals surface area contributed by atoms with Gasteiger partial charge < -0.3 is 15.5 Å². The number of hydrogen-bond donors (Lipinski definition) is 2. The predicted octanol–water partition coefficient (Wildman–Crippen LogP) is 2.73. The maximum atomic E-state index is 12.5. The van der Waals surface area contributed by atoms with Gasteiger partial charge in [0.15, 0.2) is 0 Å². The number of nitrogens with zero attached hydrogens (tertiary/aromatic N) is 1. The van der Waals surface area contributed by atoms with E-state index in [1.54, 1.807) is 54.4 Å². The molecule has 3 rings (SSSR count). The number of hydrogen-bond acceptors (Lipinski definition) is 3. The van der Waals surface area contributed by atoms with Gasteiger partial charge in [-0.1, -0.05) is 6.07 Å². The highest BCUT2D eigenvalue weighted by Crippen LogP contribution is 2.23. The van der Waals surface area contributed by atoms with Crippen LogP contribution in [0.15, 0.2) is 42.5 Å². The Kier molecular flexibility index (Phi) is 5.02. The standard InChI is InChI=1S/C20H21N3O3/c1-13-5-6-15(19(25)21-2)12-17(13)22-20(26)14-7-9-16(10-8-14)23-11-3-4-18(23)24/h5-10,12H,3-4,11H2,1-2H3,(H,21,25)(H,22,26). The van der Waals surface area contributed by atoms with Crippen molar-refractivity contribution in [1.82, 2.24) is 5.32 Å². The summed E-state index contributed by atoms with van der Waals surface area (Å²) in [6, 6.07) is 12.1. The van der Waals surface area contributed by atoms with E-state index in [4.69, 9.17) is 0 Å². The molecule has 1 aliphatic heterocycles. The highest BCUT2D eigenvalue weighted by atomic mass is 16.2. The largest absolute Gasteiger partial charge is 0.355 e. The molecule has 1 saturated heterocycles. The van der Waals surface area contributed by atoms with Crippen LogP contribution in [0.3, 0.4) is 0 Å². The van der Waals surface area contributed by atoms with Crippen LogP contribution < -0.4 is 15.5 Å². The van der Waals surface area contributed by atoms with E-state index in [2.05, 4.69) is 10.6 Å². The van der Waals surface area contributed by atoms with E-state index in [1.807, 2.05) is 6.92 Å². The van der Waals surface area contributed by atoms with Crippen LogP contribution in [0.5, 0.6) is 0 Å². The lowest BCUT2D eigenvalue weighted by Crippen LogP contribution is -2.23. The SMILES string of the molecule is CNC(=O)c1ccc(C)c(NC(=O)c2ccc(N3CCCC3=O)cc2)c1. The molecule has 1 heterocycles. The first-order valence-electron chi connectivity index (χ1n) is 8.54. The van der Waals surface area contributed by atoms with Crippen LogP contribution >= 0.6 is 0 Å². The van der Waals surface area contributed by atoms with Crippen LogP contribution in [-0.4, -0.2) is 31.3 Å². The molecule has 3 amide bonds. The summed E-state index contributed by atoms with van der Waals surface area (Å²) in [5, 5.41) is 5.41. The summed E-state index contributed by atoms with van der Waals surface area (Å²) in [4.78, 5) is 37.8.